The number of sulfone groups is 1. The maximum Gasteiger partial charge on any atom is 0.344 e. The van der Waals surface area contributed by atoms with E-state index in [9.17, 15) is 18.0 Å². The Labute approximate surface area is 221 Å². The van der Waals surface area contributed by atoms with Gasteiger partial charge in [0.15, 0.2) is 15.9 Å². The number of hydrogen-bond donors (Lipinski definition) is 2. The molecule has 0 aliphatic heterocycles. The van der Waals surface area contributed by atoms with Gasteiger partial charge in [0, 0.05) is 17.7 Å². The fourth-order valence-electron chi connectivity index (χ4n) is 4.34. The van der Waals surface area contributed by atoms with Crippen LogP contribution >= 0.6 is 0 Å². The molecule has 38 heavy (non-hydrogen) atoms. The summed E-state index contributed by atoms with van der Waals surface area (Å²) >= 11 is 0. The summed E-state index contributed by atoms with van der Waals surface area (Å²) in [6, 6.07) is 27.7. The Bertz CT molecular complexity index is 1510. The first kappa shape index (κ1) is 26.9. The van der Waals surface area contributed by atoms with Gasteiger partial charge in [0.1, 0.15) is 5.75 Å². The minimum atomic E-state index is -3.67. The van der Waals surface area contributed by atoms with Crippen molar-refractivity contribution in [3.8, 4) is 5.75 Å². The van der Waals surface area contributed by atoms with Crippen molar-refractivity contribution in [3.63, 3.8) is 0 Å². The molecule has 2 N–H and O–H groups in total. The fourth-order valence-corrected chi connectivity index (χ4v) is 5.68. The van der Waals surface area contributed by atoms with Crippen LogP contribution in [0.4, 0.5) is 0 Å². The summed E-state index contributed by atoms with van der Waals surface area (Å²) in [5, 5.41) is 9.03. The van der Waals surface area contributed by atoms with E-state index in [-0.39, 0.29) is 40.7 Å². The number of aliphatic carboxylic acids is 1. The van der Waals surface area contributed by atoms with E-state index in [0.29, 0.717) is 5.56 Å². The molecular formula is C30H29NO6S. The number of ether oxygens (including phenoxy) is 1. The Kier molecular flexibility index (Phi) is 8.43. The van der Waals surface area contributed by atoms with Gasteiger partial charge in [-0.05, 0) is 60.7 Å². The van der Waals surface area contributed by atoms with Crippen LogP contribution in [0.1, 0.15) is 41.5 Å². The van der Waals surface area contributed by atoms with Crippen LogP contribution in [0.3, 0.4) is 0 Å². The molecular weight excluding hydrogens is 502 g/mol. The lowest BCUT2D eigenvalue weighted by Crippen LogP contribution is -2.23. The number of rotatable bonds is 11. The van der Waals surface area contributed by atoms with Gasteiger partial charge in [-0.15, -0.1) is 0 Å². The maximum absolute atomic E-state index is 13.0. The second-order valence-electron chi connectivity index (χ2n) is 9.04. The number of carbonyl (C=O) groups is 1. The van der Waals surface area contributed by atoms with Crippen molar-refractivity contribution in [2.45, 2.75) is 36.7 Å². The highest BCUT2D eigenvalue weighted by molar-refractivity contribution is 7.91. The molecule has 0 radical (unpaired) electrons. The number of H-pyrrole nitrogens is 1. The van der Waals surface area contributed by atoms with Crippen molar-refractivity contribution in [1.29, 1.82) is 0 Å². The van der Waals surface area contributed by atoms with Crippen LogP contribution in [0.2, 0.25) is 0 Å². The van der Waals surface area contributed by atoms with E-state index < -0.39 is 21.9 Å². The summed E-state index contributed by atoms with van der Waals surface area (Å²) in [6.07, 6.45) is 1.14. The van der Waals surface area contributed by atoms with Crippen LogP contribution in [0.15, 0.2) is 107 Å². The van der Waals surface area contributed by atoms with Gasteiger partial charge in [-0.1, -0.05) is 66.7 Å². The number of nitrogens with one attached hydrogen (secondary N) is 1. The third-order valence-corrected chi connectivity index (χ3v) is 8.08. The van der Waals surface area contributed by atoms with Crippen molar-refractivity contribution >= 4 is 15.8 Å². The average Bonchev–Trinajstić information content (AvgIpc) is 2.92. The van der Waals surface area contributed by atoms with E-state index in [1.807, 2.05) is 66.7 Å². The molecule has 1 atom stereocenters. The number of pyridine rings is 1. The molecule has 0 saturated heterocycles. The summed E-state index contributed by atoms with van der Waals surface area (Å²) in [5.74, 6) is -1.24. The fraction of sp³-hybridized carbons (Fsp3) is 0.200. The zero-order valence-corrected chi connectivity index (χ0v) is 21.7. The lowest BCUT2D eigenvalue weighted by molar-refractivity contribution is -0.144. The van der Waals surface area contributed by atoms with E-state index >= 15 is 0 Å². The van der Waals surface area contributed by atoms with Crippen LogP contribution in [-0.2, 0) is 21.1 Å². The van der Waals surface area contributed by atoms with E-state index in [2.05, 4.69) is 4.98 Å². The van der Waals surface area contributed by atoms with Gasteiger partial charge < -0.3 is 14.8 Å². The molecule has 4 rings (SSSR count). The Morgan fingerprint density at radius 2 is 1.53 bits per heavy atom. The zero-order valence-electron chi connectivity index (χ0n) is 20.9. The summed E-state index contributed by atoms with van der Waals surface area (Å²) in [4.78, 5) is 26.5. The summed E-state index contributed by atoms with van der Waals surface area (Å²) < 4.78 is 31.2. The minimum Gasteiger partial charge on any atom is -0.479 e. The number of hydrogen-bond acceptors (Lipinski definition) is 5. The van der Waals surface area contributed by atoms with Gasteiger partial charge in [0.05, 0.1) is 10.6 Å². The highest BCUT2D eigenvalue weighted by Crippen LogP contribution is 2.31. The molecule has 8 heteroatoms. The number of benzene rings is 3. The van der Waals surface area contributed by atoms with Crippen molar-refractivity contribution in [2.75, 3.05) is 5.75 Å². The van der Waals surface area contributed by atoms with Crippen molar-refractivity contribution < 1.29 is 23.1 Å². The molecule has 1 aromatic heterocycles. The second-order valence-corrected chi connectivity index (χ2v) is 11.1. The number of aromatic amines is 1. The number of aryl methyl sites for hydroxylation is 1. The number of carboxylic acid groups (broad SMARTS) is 1. The van der Waals surface area contributed by atoms with E-state index in [4.69, 9.17) is 9.84 Å². The van der Waals surface area contributed by atoms with Crippen LogP contribution in [-0.4, -0.2) is 36.3 Å². The normalized spacial score (nSPS) is 12.3. The monoisotopic (exact) mass is 531 g/mol. The average molecular weight is 532 g/mol. The van der Waals surface area contributed by atoms with Crippen molar-refractivity contribution in [1.82, 2.24) is 4.98 Å². The quantitative estimate of drug-likeness (QED) is 0.287. The molecule has 0 bridgehead atoms. The Morgan fingerprint density at radius 1 is 0.895 bits per heavy atom. The lowest BCUT2D eigenvalue weighted by Gasteiger charge is -2.19. The predicted molar refractivity (Wildman–Crippen MR) is 145 cm³/mol. The SMILES string of the molecule is CC(Oc1cccc(S(=O)(=O)CCCc2cc(C(c3ccccc3)c3ccccc3)c[nH]c2=O)c1)C(=O)O. The Hall–Kier alpha value is -4.17. The van der Waals surface area contributed by atoms with Crippen molar-refractivity contribution in [2.24, 2.45) is 0 Å². The molecule has 0 aliphatic carbocycles. The molecule has 7 nitrogen and oxygen atoms in total. The zero-order chi connectivity index (χ0) is 27.1. The van der Waals surface area contributed by atoms with Gasteiger partial charge in [0.2, 0.25) is 0 Å². The van der Waals surface area contributed by atoms with Crippen LogP contribution in [0.5, 0.6) is 5.75 Å². The van der Waals surface area contributed by atoms with Crippen LogP contribution in [0, 0.1) is 0 Å². The second kappa shape index (κ2) is 11.9. The van der Waals surface area contributed by atoms with Gasteiger partial charge in [0.25, 0.3) is 5.56 Å². The Morgan fingerprint density at radius 3 is 2.13 bits per heavy atom. The highest BCUT2D eigenvalue weighted by Gasteiger charge is 2.20. The predicted octanol–water partition coefficient (Wildman–Crippen LogP) is 4.81. The summed E-state index contributed by atoms with van der Waals surface area (Å²) in [5.41, 5.74) is 3.35. The molecule has 0 aliphatic rings. The van der Waals surface area contributed by atoms with Gasteiger partial charge in [-0.25, -0.2) is 13.2 Å². The van der Waals surface area contributed by atoms with Crippen LogP contribution < -0.4 is 10.3 Å². The molecule has 1 heterocycles. The molecule has 0 fully saturated rings. The largest absolute Gasteiger partial charge is 0.479 e. The molecule has 0 spiro atoms. The smallest absolute Gasteiger partial charge is 0.344 e. The maximum atomic E-state index is 13.0. The summed E-state index contributed by atoms with van der Waals surface area (Å²) in [7, 11) is -3.67. The molecule has 4 aromatic rings. The molecule has 3 aromatic carbocycles. The third-order valence-electron chi connectivity index (χ3n) is 6.29. The van der Waals surface area contributed by atoms with Gasteiger partial charge >= 0.3 is 5.97 Å². The Balaban J connectivity index is 1.52. The third kappa shape index (κ3) is 6.58. The number of carboxylic acids is 1. The first-order chi connectivity index (χ1) is 18.2. The lowest BCUT2D eigenvalue weighted by atomic mass is 9.85. The standard InChI is InChI=1S/C30H29NO6S/c1-21(30(33)34)37-26-15-8-16-27(19-26)38(35,36)17-9-14-24-18-25(20-31-29(24)32)28(22-10-4-2-5-11-22)23-12-6-3-7-13-23/h2-8,10-13,15-16,18-21,28H,9,14,17H2,1H3,(H,31,32)(H,33,34). The first-order valence-corrected chi connectivity index (χ1v) is 13.9. The molecule has 0 amide bonds. The van der Waals surface area contributed by atoms with Gasteiger partial charge in [-0.3, -0.25) is 4.79 Å². The van der Waals surface area contributed by atoms with E-state index in [0.717, 1.165) is 16.7 Å². The van der Waals surface area contributed by atoms with E-state index in [1.165, 1.54) is 31.2 Å². The number of aromatic nitrogens is 1. The van der Waals surface area contributed by atoms with Crippen molar-refractivity contribution in [3.05, 3.63) is 130 Å². The molecule has 1 unspecified atom stereocenters. The first-order valence-electron chi connectivity index (χ1n) is 12.3. The molecule has 196 valence electrons. The summed E-state index contributed by atoms with van der Waals surface area (Å²) in [6.45, 7) is 1.37. The van der Waals surface area contributed by atoms with E-state index in [1.54, 1.807) is 6.20 Å². The topological polar surface area (TPSA) is 114 Å². The van der Waals surface area contributed by atoms with Crippen LogP contribution in [0.25, 0.3) is 0 Å². The molecule has 0 saturated carbocycles. The minimum absolute atomic E-state index is 0.0449. The van der Waals surface area contributed by atoms with Gasteiger partial charge in [-0.2, -0.15) is 0 Å². The highest BCUT2D eigenvalue weighted by atomic mass is 32.2.